The van der Waals surface area contributed by atoms with E-state index < -0.39 is 6.04 Å². The summed E-state index contributed by atoms with van der Waals surface area (Å²) >= 11 is 0. The first-order chi connectivity index (χ1) is 18.0. The number of methoxy groups -OCH3 is 1. The summed E-state index contributed by atoms with van der Waals surface area (Å²) in [6.45, 7) is 3.87. The molecule has 3 heterocycles. The van der Waals surface area contributed by atoms with E-state index in [-0.39, 0.29) is 18.2 Å². The third-order valence-corrected chi connectivity index (χ3v) is 6.23. The zero-order valence-electron chi connectivity index (χ0n) is 21.6. The molecule has 1 aromatic carbocycles. The Morgan fingerprint density at radius 2 is 2.00 bits per heavy atom. The summed E-state index contributed by atoms with van der Waals surface area (Å²) in [7, 11) is 1.57. The molecule has 9 heteroatoms. The number of oxazole rings is 1. The average molecular weight is 504 g/mol. The van der Waals surface area contributed by atoms with Crippen LogP contribution in [0, 0.1) is 6.92 Å². The molecule has 0 saturated carbocycles. The molecule has 1 N–H and O–H groups in total. The number of nitrogens with one attached hydrogen (secondary N) is 1. The second-order valence-corrected chi connectivity index (χ2v) is 9.07. The molecular formula is C28H33N5O4. The number of hydrogen-bond acceptors (Lipinski definition) is 7. The number of nitrogens with zero attached hydrogens (tertiary/aromatic N) is 4. The molecule has 3 aromatic heterocycles. The van der Waals surface area contributed by atoms with E-state index in [1.54, 1.807) is 24.2 Å². The predicted octanol–water partition coefficient (Wildman–Crippen LogP) is 5.19. The summed E-state index contributed by atoms with van der Waals surface area (Å²) in [6, 6.07) is 11.2. The lowest BCUT2D eigenvalue weighted by Gasteiger charge is -2.16. The zero-order valence-corrected chi connectivity index (χ0v) is 21.6. The molecule has 0 fully saturated rings. The van der Waals surface area contributed by atoms with Crippen LogP contribution in [0.5, 0.6) is 5.88 Å². The number of carbonyl (C=O) groups excluding carboxylic acids is 2. The van der Waals surface area contributed by atoms with Crippen LogP contribution in [-0.2, 0) is 16.1 Å². The number of fused-ring (bicyclic) bond motifs is 1. The van der Waals surface area contributed by atoms with Gasteiger partial charge in [0, 0.05) is 24.4 Å². The van der Waals surface area contributed by atoms with E-state index in [4.69, 9.17) is 9.15 Å². The minimum absolute atomic E-state index is 0.103. The number of ketones is 1. The molecule has 0 unspecified atom stereocenters. The summed E-state index contributed by atoms with van der Waals surface area (Å²) in [5.74, 6) is 1.46. The van der Waals surface area contributed by atoms with Crippen LogP contribution in [0.15, 0.2) is 53.2 Å². The number of Topliss-reactive ketones (excluding diaryl/α,β-unsaturated/α-hetero) is 1. The lowest BCUT2D eigenvalue weighted by molar-refractivity contribution is -0.123. The Bertz CT molecular complexity index is 1360. The Labute approximate surface area is 216 Å². The lowest BCUT2D eigenvalue weighted by atomic mass is 10.0. The first-order valence-corrected chi connectivity index (χ1v) is 12.7. The van der Waals surface area contributed by atoms with Gasteiger partial charge in [0.1, 0.15) is 18.4 Å². The van der Waals surface area contributed by atoms with Gasteiger partial charge in [-0.05, 0) is 38.0 Å². The topological polar surface area (TPSA) is 112 Å². The van der Waals surface area contributed by atoms with Crippen molar-refractivity contribution in [1.29, 1.82) is 0 Å². The fraction of sp³-hybridized carbons (Fsp3) is 0.393. The number of unbranched alkanes of at least 4 members (excludes halogenated alkanes) is 2. The van der Waals surface area contributed by atoms with Crippen molar-refractivity contribution in [3.8, 4) is 17.2 Å². The third kappa shape index (κ3) is 6.81. The van der Waals surface area contributed by atoms with Crippen LogP contribution in [0.1, 0.15) is 63.1 Å². The van der Waals surface area contributed by atoms with Crippen molar-refractivity contribution < 1.29 is 18.7 Å². The minimum Gasteiger partial charge on any atom is -0.480 e. The third-order valence-electron chi connectivity index (χ3n) is 6.23. The van der Waals surface area contributed by atoms with Crippen molar-refractivity contribution in [3.63, 3.8) is 0 Å². The number of aryl methyl sites for hydroxylation is 1. The molecule has 0 saturated heterocycles. The molecule has 194 valence electrons. The second kappa shape index (κ2) is 12.3. The summed E-state index contributed by atoms with van der Waals surface area (Å²) < 4.78 is 13.3. The van der Waals surface area contributed by atoms with Crippen molar-refractivity contribution in [2.24, 2.45) is 0 Å². The number of aromatic nitrogens is 4. The highest BCUT2D eigenvalue weighted by atomic mass is 16.5. The zero-order chi connectivity index (χ0) is 26.2. The van der Waals surface area contributed by atoms with E-state index in [1.807, 2.05) is 50.2 Å². The fourth-order valence-corrected chi connectivity index (χ4v) is 4.22. The molecule has 0 spiro atoms. The summed E-state index contributed by atoms with van der Waals surface area (Å²) in [5.41, 5.74) is 2.36. The smallest absolute Gasteiger partial charge is 0.242 e. The van der Waals surface area contributed by atoms with Gasteiger partial charge in [-0.3, -0.25) is 14.3 Å². The standard InChI is InChI=1S/C28H33N5O4/c1-4-21(34)11-6-5-7-13-24(30-26(35)18-33-15-14-19(2)32-33)28-29-17-25(37-28)22-16-20-10-8-9-12-23(20)31-27(22)36-3/h8-10,12,14-17,24H,4-7,11,13,18H2,1-3H3,(H,30,35)/t24-/m0/s1. The van der Waals surface area contributed by atoms with Gasteiger partial charge in [-0.1, -0.05) is 38.0 Å². The highest BCUT2D eigenvalue weighted by Gasteiger charge is 2.22. The maximum Gasteiger partial charge on any atom is 0.242 e. The minimum atomic E-state index is -0.417. The molecule has 4 rings (SSSR count). The number of para-hydroxylation sites is 1. The van der Waals surface area contributed by atoms with E-state index in [9.17, 15) is 9.59 Å². The number of ether oxygens (including phenoxy) is 1. The van der Waals surface area contributed by atoms with Gasteiger partial charge in [0.05, 0.1) is 30.1 Å². The molecule has 0 radical (unpaired) electrons. The first-order valence-electron chi connectivity index (χ1n) is 12.7. The summed E-state index contributed by atoms with van der Waals surface area (Å²) in [5, 5.41) is 8.30. The van der Waals surface area contributed by atoms with Crippen LogP contribution in [0.25, 0.3) is 22.2 Å². The van der Waals surface area contributed by atoms with Gasteiger partial charge in [0.25, 0.3) is 0 Å². The number of carbonyl (C=O) groups is 2. The Morgan fingerprint density at radius 1 is 1.16 bits per heavy atom. The summed E-state index contributed by atoms with van der Waals surface area (Å²) in [4.78, 5) is 33.6. The van der Waals surface area contributed by atoms with Crippen molar-refractivity contribution in [2.75, 3.05) is 7.11 Å². The normalized spacial score (nSPS) is 12.0. The number of rotatable bonds is 13. The van der Waals surface area contributed by atoms with E-state index in [1.165, 1.54) is 0 Å². The highest BCUT2D eigenvalue weighted by molar-refractivity contribution is 5.85. The first kappa shape index (κ1) is 26.1. The van der Waals surface area contributed by atoms with Gasteiger partial charge in [0.15, 0.2) is 5.76 Å². The lowest BCUT2D eigenvalue weighted by Crippen LogP contribution is -2.32. The Morgan fingerprint density at radius 3 is 2.76 bits per heavy atom. The molecule has 0 bridgehead atoms. The van der Waals surface area contributed by atoms with E-state index >= 15 is 0 Å². The quantitative estimate of drug-likeness (QED) is 0.250. The fourth-order valence-electron chi connectivity index (χ4n) is 4.22. The number of pyridine rings is 1. The van der Waals surface area contributed by atoms with Gasteiger partial charge in [0.2, 0.25) is 17.7 Å². The molecule has 37 heavy (non-hydrogen) atoms. The molecule has 1 amide bonds. The van der Waals surface area contributed by atoms with Crippen LogP contribution in [0.2, 0.25) is 0 Å². The SMILES string of the molecule is CCC(=O)CCCCC[C@H](NC(=O)Cn1ccc(C)n1)c1ncc(-c2cc3ccccc3nc2OC)o1. The van der Waals surface area contributed by atoms with Crippen LogP contribution < -0.4 is 10.1 Å². The number of hydrogen-bond donors (Lipinski definition) is 1. The van der Waals surface area contributed by atoms with Crippen molar-refractivity contribution in [3.05, 3.63) is 60.4 Å². The molecule has 0 aliphatic heterocycles. The molecule has 0 aliphatic rings. The van der Waals surface area contributed by atoms with Crippen LogP contribution in [0.3, 0.4) is 0 Å². The second-order valence-electron chi connectivity index (χ2n) is 9.07. The highest BCUT2D eigenvalue weighted by Crippen LogP contribution is 2.33. The van der Waals surface area contributed by atoms with Gasteiger partial charge < -0.3 is 14.5 Å². The van der Waals surface area contributed by atoms with Crippen LogP contribution in [0.4, 0.5) is 0 Å². The molecular weight excluding hydrogens is 470 g/mol. The maximum atomic E-state index is 12.8. The van der Waals surface area contributed by atoms with Gasteiger partial charge in [-0.2, -0.15) is 5.10 Å². The number of amides is 1. The average Bonchev–Trinajstić information content (AvgIpc) is 3.55. The Balaban J connectivity index is 1.52. The van der Waals surface area contributed by atoms with Crippen LogP contribution >= 0.6 is 0 Å². The molecule has 0 aliphatic carbocycles. The maximum absolute atomic E-state index is 12.8. The number of benzene rings is 1. The van der Waals surface area contributed by atoms with Gasteiger partial charge in [-0.15, -0.1) is 0 Å². The largest absolute Gasteiger partial charge is 0.480 e. The van der Waals surface area contributed by atoms with E-state index in [0.29, 0.717) is 42.4 Å². The van der Waals surface area contributed by atoms with Crippen molar-refractivity contribution in [2.45, 2.75) is 65.0 Å². The monoisotopic (exact) mass is 503 g/mol. The van der Waals surface area contributed by atoms with Gasteiger partial charge in [-0.25, -0.2) is 9.97 Å². The van der Waals surface area contributed by atoms with E-state index in [2.05, 4.69) is 20.4 Å². The Hall–Kier alpha value is -4.01. The predicted molar refractivity (Wildman–Crippen MR) is 140 cm³/mol. The van der Waals surface area contributed by atoms with Crippen LogP contribution in [-0.4, -0.2) is 38.5 Å². The van der Waals surface area contributed by atoms with E-state index in [0.717, 1.165) is 35.9 Å². The van der Waals surface area contributed by atoms with Crippen molar-refractivity contribution >= 4 is 22.6 Å². The molecule has 9 nitrogen and oxygen atoms in total. The Kier molecular flexibility index (Phi) is 8.66. The molecule has 1 atom stereocenters. The molecule has 4 aromatic rings. The summed E-state index contributed by atoms with van der Waals surface area (Å²) in [6.07, 6.45) is 7.74. The van der Waals surface area contributed by atoms with Crippen molar-refractivity contribution in [1.82, 2.24) is 25.1 Å². The van der Waals surface area contributed by atoms with Gasteiger partial charge >= 0.3 is 0 Å².